The van der Waals surface area contributed by atoms with Crippen molar-refractivity contribution in [1.29, 1.82) is 0 Å². The summed E-state index contributed by atoms with van der Waals surface area (Å²) in [5.41, 5.74) is 0.844. The minimum Gasteiger partial charge on any atom is -0.387 e. The summed E-state index contributed by atoms with van der Waals surface area (Å²) >= 11 is 0. The summed E-state index contributed by atoms with van der Waals surface area (Å²) < 4.78 is 1.82. The van der Waals surface area contributed by atoms with Crippen molar-refractivity contribution < 1.29 is 5.11 Å². The van der Waals surface area contributed by atoms with Crippen LogP contribution in [0.5, 0.6) is 0 Å². The van der Waals surface area contributed by atoms with E-state index in [0.29, 0.717) is 6.42 Å². The molecule has 0 aromatic carbocycles. The Kier molecular flexibility index (Phi) is 3.53. The molecule has 0 bridgehead atoms. The van der Waals surface area contributed by atoms with Crippen molar-refractivity contribution in [3.8, 4) is 12.3 Å². The number of aliphatic hydroxyl groups excluding tert-OH is 1. The fourth-order valence-corrected chi connectivity index (χ4v) is 1.23. The molecule has 1 unspecified atom stereocenters. The van der Waals surface area contributed by atoms with Gasteiger partial charge in [0.15, 0.2) is 0 Å². The average molecular weight is 178 g/mol. The lowest BCUT2D eigenvalue weighted by Gasteiger charge is -2.09. The van der Waals surface area contributed by atoms with E-state index in [9.17, 15) is 5.11 Å². The Hall–Kier alpha value is -1.27. The van der Waals surface area contributed by atoms with Crippen molar-refractivity contribution in [2.24, 2.45) is 7.05 Å². The van der Waals surface area contributed by atoms with E-state index in [1.807, 2.05) is 11.6 Å². The Morgan fingerprint density at radius 1 is 1.77 bits per heavy atom. The second-order valence-corrected chi connectivity index (χ2v) is 3.04. The van der Waals surface area contributed by atoms with Crippen molar-refractivity contribution in [3.63, 3.8) is 0 Å². The largest absolute Gasteiger partial charge is 0.387 e. The van der Waals surface area contributed by atoms with Gasteiger partial charge < -0.3 is 9.67 Å². The molecule has 1 N–H and O–H groups in total. The number of aryl methyl sites for hydroxylation is 1. The molecular weight excluding hydrogens is 164 g/mol. The summed E-state index contributed by atoms with van der Waals surface area (Å²) in [5.74, 6) is 2.55. The molecule has 0 aliphatic rings. The Morgan fingerprint density at radius 3 is 3.08 bits per heavy atom. The van der Waals surface area contributed by atoms with Gasteiger partial charge in [-0.3, -0.25) is 0 Å². The maximum atomic E-state index is 9.69. The summed E-state index contributed by atoms with van der Waals surface area (Å²) in [6, 6.07) is 0. The summed E-state index contributed by atoms with van der Waals surface area (Å²) in [4.78, 5) is 3.93. The van der Waals surface area contributed by atoms with Crippen molar-refractivity contribution in [2.45, 2.75) is 25.4 Å². The van der Waals surface area contributed by atoms with Crippen LogP contribution in [0.2, 0.25) is 0 Å². The number of aromatic nitrogens is 2. The van der Waals surface area contributed by atoms with Crippen LogP contribution in [0.25, 0.3) is 0 Å². The first-order chi connectivity index (χ1) is 6.25. The molecule has 1 aromatic rings. The van der Waals surface area contributed by atoms with Gasteiger partial charge >= 0.3 is 0 Å². The first-order valence-corrected chi connectivity index (χ1v) is 4.33. The van der Waals surface area contributed by atoms with Crippen LogP contribution in [0.15, 0.2) is 12.5 Å². The van der Waals surface area contributed by atoms with E-state index in [1.54, 1.807) is 12.5 Å². The lowest BCUT2D eigenvalue weighted by Crippen LogP contribution is -2.03. The monoisotopic (exact) mass is 178 g/mol. The van der Waals surface area contributed by atoms with Crippen molar-refractivity contribution in [1.82, 2.24) is 9.55 Å². The van der Waals surface area contributed by atoms with E-state index >= 15 is 0 Å². The van der Waals surface area contributed by atoms with E-state index in [0.717, 1.165) is 18.5 Å². The first kappa shape index (κ1) is 9.82. The molecule has 1 aromatic heterocycles. The number of imidazole rings is 1. The molecule has 3 nitrogen and oxygen atoms in total. The van der Waals surface area contributed by atoms with Crippen LogP contribution in [0.1, 0.15) is 31.1 Å². The molecule has 70 valence electrons. The lowest BCUT2D eigenvalue weighted by molar-refractivity contribution is 0.157. The van der Waals surface area contributed by atoms with E-state index in [-0.39, 0.29) is 0 Å². The number of hydrogen-bond donors (Lipinski definition) is 1. The molecule has 1 rings (SSSR count). The zero-order valence-corrected chi connectivity index (χ0v) is 7.77. The van der Waals surface area contributed by atoms with Gasteiger partial charge in [-0.05, 0) is 12.8 Å². The zero-order valence-electron chi connectivity index (χ0n) is 7.77. The lowest BCUT2D eigenvalue weighted by atomic mass is 10.1. The van der Waals surface area contributed by atoms with Gasteiger partial charge in [-0.25, -0.2) is 4.98 Å². The normalized spacial score (nSPS) is 12.4. The summed E-state index contributed by atoms with van der Waals surface area (Å²) in [6.45, 7) is 0. The molecule has 0 spiro atoms. The van der Waals surface area contributed by atoms with Crippen LogP contribution in [0, 0.1) is 12.3 Å². The number of hydrogen-bond acceptors (Lipinski definition) is 2. The van der Waals surface area contributed by atoms with E-state index in [1.165, 1.54) is 0 Å². The van der Waals surface area contributed by atoms with E-state index in [4.69, 9.17) is 6.42 Å². The van der Waals surface area contributed by atoms with Crippen molar-refractivity contribution in [2.75, 3.05) is 0 Å². The molecular formula is C10H14N2O. The Labute approximate surface area is 78.4 Å². The van der Waals surface area contributed by atoms with Crippen LogP contribution in [-0.4, -0.2) is 14.7 Å². The SMILES string of the molecule is C#CCCCC(O)c1cncn1C. The second-order valence-electron chi connectivity index (χ2n) is 3.04. The minimum atomic E-state index is -0.444. The number of rotatable bonds is 4. The van der Waals surface area contributed by atoms with Crippen LogP contribution >= 0.6 is 0 Å². The maximum Gasteiger partial charge on any atom is 0.0956 e. The van der Waals surface area contributed by atoms with Gasteiger partial charge in [-0.15, -0.1) is 12.3 Å². The fraction of sp³-hybridized carbons (Fsp3) is 0.500. The smallest absolute Gasteiger partial charge is 0.0956 e. The van der Waals surface area contributed by atoms with Gasteiger partial charge in [0.05, 0.1) is 24.3 Å². The Balaban J connectivity index is 2.45. The third-order valence-electron chi connectivity index (χ3n) is 1.99. The van der Waals surface area contributed by atoms with Crippen LogP contribution in [-0.2, 0) is 7.05 Å². The zero-order chi connectivity index (χ0) is 9.68. The molecule has 0 aliphatic carbocycles. The van der Waals surface area contributed by atoms with Crippen molar-refractivity contribution >= 4 is 0 Å². The highest BCUT2D eigenvalue weighted by Crippen LogP contribution is 2.17. The molecule has 3 heteroatoms. The maximum absolute atomic E-state index is 9.69. The number of aliphatic hydroxyl groups is 1. The van der Waals surface area contributed by atoms with E-state index < -0.39 is 6.10 Å². The highest BCUT2D eigenvalue weighted by atomic mass is 16.3. The van der Waals surface area contributed by atoms with Gasteiger partial charge in [0.2, 0.25) is 0 Å². The summed E-state index contributed by atoms with van der Waals surface area (Å²) in [5, 5.41) is 9.69. The second kappa shape index (κ2) is 4.68. The third-order valence-corrected chi connectivity index (χ3v) is 1.99. The van der Waals surface area contributed by atoms with Gasteiger partial charge in [0, 0.05) is 13.5 Å². The fourth-order valence-electron chi connectivity index (χ4n) is 1.23. The van der Waals surface area contributed by atoms with Crippen LogP contribution in [0.3, 0.4) is 0 Å². The van der Waals surface area contributed by atoms with Crippen LogP contribution < -0.4 is 0 Å². The average Bonchev–Trinajstić information content (AvgIpc) is 2.52. The highest BCUT2D eigenvalue weighted by Gasteiger charge is 2.09. The van der Waals surface area contributed by atoms with Gasteiger partial charge in [0.1, 0.15) is 0 Å². The molecule has 0 radical (unpaired) electrons. The number of nitrogens with zero attached hydrogens (tertiary/aromatic N) is 2. The first-order valence-electron chi connectivity index (χ1n) is 4.33. The Bertz CT molecular complexity index is 298. The Morgan fingerprint density at radius 2 is 2.54 bits per heavy atom. The summed E-state index contributed by atoms with van der Waals surface area (Å²) in [6.07, 6.45) is 10.3. The van der Waals surface area contributed by atoms with Gasteiger partial charge in [0.25, 0.3) is 0 Å². The molecule has 1 atom stereocenters. The molecule has 0 fully saturated rings. The van der Waals surface area contributed by atoms with Crippen molar-refractivity contribution in [3.05, 3.63) is 18.2 Å². The molecule has 1 heterocycles. The predicted molar refractivity (Wildman–Crippen MR) is 50.9 cm³/mol. The number of unbranched alkanes of at least 4 members (excludes halogenated alkanes) is 1. The quantitative estimate of drug-likeness (QED) is 0.556. The third kappa shape index (κ3) is 2.60. The predicted octanol–water partition coefficient (Wildman–Crippen LogP) is 1.26. The molecule has 0 saturated carbocycles. The number of terminal acetylenes is 1. The van der Waals surface area contributed by atoms with Gasteiger partial charge in [-0.1, -0.05) is 0 Å². The molecule has 13 heavy (non-hydrogen) atoms. The van der Waals surface area contributed by atoms with E-state index in [2.05, 4.69) is 10.9 Å². The van der Waals surface area contributed by atoms with Crippen LogP contribution in [0.4, 0.5) is 0 Å². The topological polar surface area (TPSA) is 38.1 Å². The van der Waals surface area contributed by atoms with Gasteiger partial charge in [-0.2, -0.15) is 0 Å². The summed E-state index contributed by atoms with van der Waals surface area (Å²) in [7, 11) is 1.87. The molecule has 0 saturated heterocycles. The molecule has 0 amide bonds. The molecule has 0 aliphatic heterocycles. The standard InChI is InChI=1S/C10H14N2O/c1-3-4-5-6-10(13)9-7-11-8-12(9)2/h1,7-8,10,13H,4-6H2,2H3. The highest BCUT2D eigenvalue weighted by molar-refractivity contribution is 5.01. The minimum absolute atomic E-state index is 0.444.